The highest BCUT2D eigenvalue weighted by molar-refractivity contribution is 9.10. The van der Waals surface area contributed by atoms with Crippen molar-refractivity contribution in [3.8, 4) is 5.75 Å². The van der Waals surface area contributed by atoms with Gasteiger partial charge in [0.1, 0.15) is 12.3 Å². The standard InChI is InChI=1S/C31H24BrClN2O6/c32-22-9-3-19(4-10-22)31(40)41-24-13-7-17(8-14-24)25(36)16-34(28(37)18-5-11-23(33)12-6-18)35-29(38)26-20-1-2-21(15-20)27(26)30(35)39/h3-14,20-21,26-27H,1-2,15-16H2/t20-,21-,26-,27+/m0/s1. The first-order chi connectivity index (χ1) is 19.7. The number of fused-ring (bicyclic) bond motifs is 5. The molecule has 41 heavy (non-hydrogen) atoms. The summed E-state index contributed by atoms with van der Waals surface area (Å²) < 4.78 is 6.23. The van der Waals surface area contributed by atoms with Gasteiger partial charge < -0.3 is 4.74 Å². The Morgan fingerprint density at radius 3 is 1.93 bits per heavy atom. The van der Waals surface area contributed by atoms with Crippen LogP contribution in [0, 0.1) is 23.7 Å². The lowest BCUT2D eigenvalue weighted by atomic mass is 9.81. The van der Waals surface area contributed by atoms with Gasteiger partial charge in [0.2, 0.25) is 0 Å². The molecule has 3 aromatic rings. The molecule has 0 aromatic heterocycles. The highest BCUT2D eigenvalue weighted by Gasteiger charge is 2.62. The molecule has 8 nitrogen and oxygen atoms in total. The molecule has 2 saturated carbocycles. The van der Waals surface area contributed by atoms with E-state index in [0.29, 0.717) is 10.6 Å². The molecule has 2 aliphatic carbocycles. The van der Waals surface area contributed by atoms with Crippen LogP contribution in [-0.2, 0) is 9.59 Å². The second-order valence-electron chi connectivity index (χ2n) is 10.6. The molecule has 0 spiro atoms. The molecule has 1 heterocycles. The largest absolute Gasteiger partial charge is 0.423 e. The summed E-state index contributed by atoms with van der Waals surface area (Å²) in [6, 6.07) is 18.6. The number of nitrogens with zero attached hydrogens (tertiary/aromatic N) is 2. The number of carbonyl (C=O) groups excluding carboxylic acids is 5. The molecule has 6 rings (SSSR count). The van der Waals surface area contributed by atoms with E-state index in [0.717, 1.165) is 33.8 Å². The molecule has 0 unspecified atom stereocenters. The van der Waals surface area contributed by atoms with Crippen molar-refractivity contribution in [1.29, 1.82) is 0 Å². The smallest absolute Gasteiger partial charge is 0.343 e. The minimum Gasteiger partial charge on any atom is -0.423 e. The molecule has 1 saturated heterocycles. The average molecular weight is 636 g/mol. The zero-order chi connectivity index (χ0) is 28.8. The van der Waals surface area contributed by atoms with Crippen molar-refractivity contribution < 1.29 is 28.7 Å². The Morgan fingerprint density at radius 1 is 0.805 bits per heavy atom. The minimum absolute atomic E-state index is 0.127. The highest BCUT2D eigenvalue weighted by Crippen LogP contribution is 2.56. The predicted octanol–water partition coefficient (Wildman–Crippen LogP) is 5.59. The van der Waals surface area contributed by atoms with Gasteiger partial charge in [-0.05, 0) is 104 Å². The van der Waals surface area contributed by atoms with Gasteiger partial charge in [-0.2, -0.15) is 5.01 Å². The second-order valence-corrected chi connectivity index (χ2v) is 11.9. The molecule has 208 valence electrons. The monoisotopic (exact) mass is 634 g/mol. The van der Waals surface area contributed by atoms with Crippen LogP contribution in [0.1, 0.15) is 50.3 Å². The van der Waals surface area contributed by atoms with E-state index in [4.69, 9.17) is 16.3 Å². The molecule has 3 fully saturated rings. The van der Waals surface area contributed by atoms with Crippen molar-refractivity contribution in [3.05, 3.63) is 99.0 Å². The van der Waals surface area contributed by atoms with Crippen LogP contribution in [0.2, 0.25) is 5.02 Å². The van der Waals surface area contributed by atoms with Crippen molar-refractivity contribution in [2.24, 2.45) is 23.7 Å². The lowest BCUT2D eigenvalue weighted by Crippen LogP contribution is -2.52. The van der Waals surface area contributed by atoms with Crippen molar-refractivity contribution in [2.75, 3.05) is 6.54 Å². The number of ether oxygens (including phenoxy) is 1. The van der Waals surface area contributed by atoms with Gasteiger partial charge >= 0.3 is 5.97 Å². The Labute approximate surface area is 249 Å². The van der Waals surface area contributed by atoms with E-state index in [-0.39, 0.29) is 28.7 Å². The van der Waals surface area contributed by atoms with Gasteiger partial charge in [-0.25, -0.2) is 9.80 Å². The molecular formula is C31H24BrClN2O6. The zero-order valence-corrected chi connectivity index (χ0v) is 24.0. The molecule has 2 bridgehead atoms. The summed E-state index contributed by atoms with van der Waals surface area (Å²) >= 11 is 9.31. The molecule has 3 aliphatic rings. The highest BCUT2D eigenvalue weighted by atomic mass is 79.9. The number of hydrogen-bond donors (Lipinski definition) is 0. The molecular weight excluding hydrogens is 612 g/mol. The fourth-order valence-electron chi connectivity index (χ4n) is 6.29. The Bertz CT molecular complexity index is 1530. The number of ketones is 1. The number of Topliss-reactive ketones (excluding diaryl/α,β-unsaturated/α-hetero) is 1. The van der Waals surface area contributed by atoms with Crippen LogP contribution in [0.3, 0.4) is 0 Å². The van der Waals surface area contributed by atoms with Gasteiger partial charge in [0, 0.05) is 20.6 Å². The van der Waals surface area contributed by atoms with Crippen molar-refractivity contribution in [3.63, 3.8) is 0 Å². The first-order valence-corrected chi connectivity index (χ1v) is 14.4. The third-order valence-corrected chi connectivity index (χ3v) is 9.01. The molecule has 10 heteroatoms. The Kier molecular flexibility index (Phi) is 7.25. The van der Waals surface area contributed by atoms with Crippen LogP contribution in [-0.4, -0.2) is 46.0 Å². The third kappa shape index (κ3) is 5.08. The van der Waals surface area contributed by atoms with E-state index in [1.807, 2.05) is 0 Å². The fraction of sp³-hybridized carbons (Fsp3) is 0.258. The summed E-state index contributed by atoms with van der Waals surface area (Å²) in [6.45, 7) is -0.522. The van der Waals surface area contributed by atoms with Gasteiger partial charge in [0.25, 0.3) is 17.7 Å². The van der Waals surface area contributed by atoms with E-state index in [9.17, 15) is 24.0 Å². The molecule has 0 radical (unpaired) electrons. The number of hydrogen-bond acceptors (Lipinski definition) is 6. The topological polar surface area (TPSA) is 101 Å². The first kappa shape index (κ1) is 27.4. The van der Waals surface area contributed by atoms with E-state index in [2.05, 4.69) is 15.9 Å². The summed E-state index contributed by atoms with van der Waals surface area (Å²) in [5.74, 6) is -2.94. The van der Waals surface area contributed by atoms with Crippen LogP contribution in [0.5, 0.6) is 5.75 Å². The van der Waals surface area contributed by atoms with Crippen LogP contribution in [0.25, 0.3) is 0 Å². The molecule has 4 atom stereocenters. The number of imide groups is 1. The summed E-state index contributed by atoms with van der Waals surface area (Å²) in [4.78, 5) is 66.6. The van der Waals surface area contributed by atoms with Gasteiger partial charge in [0.15, 0.2) is 5.78 Å². The molecule has 3 amide bonds. The zero-order valence-electron chi connectivity index (χ0n) is 21.7. The summed E-state index contributed by atoms with van der Waals surface area (Å²) in [7, 11) is 0. The van der Waals surface area contributed by atoms with Crippen molar-refractivity contribution in [1.82, 2.24) is 10.0 Å². The van der Waals surface area contributed by atoms with E-state index in [1.54, 1.807) is 24.3 Å². The average Bonchev–Trinajstić information content (AvgIpc) is 3.66. The number of carbonyl (C=O) groups is 5. The van der Waals surface area contributed by atoms with Crippen molar-refractivity contribution in [2.45, 2.75) is 19.3 Å². The van der Waals surface area contributed by atoms with Crippen molar-refractivity contribution >= 4 is 57.0 Å². The molecule has 1 aliphatic heterocycles. The van der Waals surface area contributed by atoms with Crippen LogP contribution < -0.4 is 4.74 Å². The van der Waals surface area contributed by atoms with Crippen LogP contribution in [0.4, 0.5) is 0 Å². The number of halogens is 2. The Balaban J connectivity index is 1.23. The van der Waals surface area contributed by atoms with Gasteiger partial charge in [-0.3, -0.25) is 19.2 Å². The predicted molar refractivity (Wildman–Crippen MR) is 152 cm³/mol. The van der Waals surface area contributed by atoms with Gasteiger partial charge in [0.05, 0.1) is 17.4 Å². The maximum absolute atomic E-state index is 13.7. The van der Waals surface area contributed by atoms with E-state index >= 15 is 0 Å². The normalized spacial score (nSPS) is 22.5. The number of hydrazine groups is 1. The number of rotatable bonds is 7. The van der Waals surface area contributed by atoms with Crippen LogP contribution in [0.15, 0.2) is 77.3 Å². The SMILES string of the molecule is O=C(CN(C(=O)c1ccc(Cl)cc1)N1C(=O)[C@@H]2[C@H]3CC[C@@H](C3)[C@@H]2C1=O)c1ccc(OC(=O)c2ccc(Br)cc2)cc1. The van der Waals surface area contributed by atoms with Gasteiger partial charge in [-0.1, -0.05) is 27.5 Å². The first-order valence-electron chi connectivity index (χ1n) is 13.3. The lowest BCUT2D eigenvalue weighted by Gasteiger charge is -2.30. The van der Waals surface area contributed by atoms with Gasteiger partial charge in [-0.15, -0.1) is 0 Å². The summed E-state index contributed by atoms with van der Waals surface area (Å²) in [5, 5.41) is 2.29. The molecule has 0 N–H and O–H groups in total. The van der Waals surface area contributed by atoms with E-state index < -0.39 is 47.9 Å². The minimum atomic E-state index is -0.649. The summed E-state index contributed by atoms with van der Waals surface area (Å²) in [6.07, 6.45) is 2.63. The maximum Gasteiger partial charge on any atom is 0.343 e. The number of benzene rings is 3. The van der Waals surface area contributed by atoms with Crippen LogP contribution >= 0.6 is 27.5 Å². The Hall–Kier alpha value is -3.82. The fourth-order valence-corrected chi connectivity index (χ4v) is 6.68. The third-order valence-electron chi connectivity index (χ3n) is 8.23. The Morgan fingerprint density at radius 2 is 1.34 bits per heavy atom. The van der Waals surface area contributed by atoms with E-state index in [1.165, 1.54) is 48.5 Å². The molecule has 3 aromatic carbocycles. The number of esters is 1. The lowest BCUT2D eigenvalue weighted by molar-refractivity contribution is -0.155. The maximum atomic E-state index is 13.7. The summed E-state index contributed by atoms with van der Waals surface area (Å²) in [5.41, 5.74) is 0.780. The number of amides is 3. The quantitative estimate of drug-likeness (QED) is 0.145. The second kappa shape index (κ2) is 10.9.